The van der Waals surface area contributed by atoms with Crippen LogP contribution in [0, 0.1) is 17.2 Å². The smallest absolute Gasteiger partial charge is 0.243 e. The van der Waals surface area contributed by atoms with Gasteiger partial charge in [0.1, 0.15) is 6.07 Å². The average Bonchev–Trinajstić information content (AvgIpc) is 3.22. The van der Waals surface area contributed by atoms with Crippen molar-refractivity contribution in [1.29, 1.82) is 5.26 Å². The molecule has 1 aliphatic heterocycles. The van der Waals surface area contributed by atoms with Gasteiger partial charge < -0.3 is 14.6 Å². The summed E-state index contributed by atoms with van der Waals surface area (Å²) in [5.41, 5.74) is 0.825. The minimum Gasteiger partial charge on any atom is -0.419 e. The summed E-state index contributed by atoms with van der Waals surface area (Å²) in [6.07, 6.45) is 2.86. The van der Waals surface area contributed by atoms with Crippen molar-refractivity contribution in [3.63, 3.8) is 0 Å². The molecule has 2 aromatic rings. The topological polar surface area (TPSA) is 102 Å². The summed E-state index contributed by atoms with van der Waals surface area (Å²) in [6.45, 7) is 11.1. The third kappa shape index (κ3) is 5.68. The van der Waals surface area contributed by atoms with Gasteiger partial charge in [0.15, 0.2) is 0 Å². The van der Waals surface area contributed by atoms with Gasteiger partial charge in [0.2, 0.25) is 27.5 Å². The number of hydrogen-bond acceptors (Lipinski definition) is 7. The normalized spacial score (nSPS) is 17.4. The first-order valence-corrected chi connectivity index (χ1v) is 12.8. The van der Waals surface area contributed by atoms with Gasteiger partial charge in [-0.15, -0.1) is 0 Å². The molecule has 0 amide bonds. The number of sulfonamides is 1. The van der Waals surface area contributed by atoms with Gasteiger partial charge in [-0.2, -0.15) is 14.6 Å². The lowest BCUT2D eigenvalue weighted by Gasteiger charge is -2.30. The molecule has 1 aliphatic rings. The quantitative estimate of drug-likeness (QED) is 0.539. The Morgan fingerprint density at radius 2 is 2.00 bits per heavy atom. The molecular formula is C23H33N5O3S. The Morgan fingerprint density at radius 3 is 2.62 bits per heavy atom. The van der Waals surface area contributed by atoms with Crippen molar-refractivity contribution in [2.24, 2.45) is 5.92 Å². The number of anilines is 1. The Hall–Kier alpha value is -2.41. The summed E-state index contributed by atoms with van der Waals surface area (Å²) in [4.78, 5) is 6.87. The van der Waals surface area contributed by atoms with Crippen LogP contribution in [0.3, 0.4) is 0 Å². The zero-order valence-corrected chi connectivity index (χ0v) is 20.0. The molecule has 1 saturated heterocycles. The fraction of sp³-hybridized carbons (Fsp3) is 0.565. The first-order valence-electron chi connectivity index (χ1n) is 11.4. The van der Waals surface area contributed by atoms with Gasteiger partial charge >= 0.3 is 0 Å². The first-order chi connectivity index (χ1) is 15.4. The van der Waals surface area contributed by atoms with E-state index in [-0.39, 0.29) is 10.6 Å². The molecule has 0 saturated carbocycles. The second-order valence-electron chi connectivity index (χ2n) is 8.25. The summed E-state index contributed by atoms with van der Waals surface area (Å²) >= 11 is 0. The number of nitriles is 1. The molecular weight excluding hydrogens is 426 g/mol. The molecule has 1 aromatic heterocycles. The Kier molecular flexibility index (Phi) is 8.29. The lowest BCUT2D eigenvalue weighted by molar-refractivity contribution is 0.281. The van der Waals surface area contributed by atoms with E-state index in [2.05, 4.69) is 42.0 Å². The van der Waals surface area contributed by atoms with E-state index in [1.807, 2.05) is 0 Å². The molecule has 8 nitrogen and oxygen atoms in total. The minimum atomic E-state index is -3.51. The highest BCUT2D eigenvalue weighted by Gasteiger charge is 2.28. The molecule has 0 radical (unpaired) electrons. The molecule has 1 aromatic carbocycles. The Bertz CT molecular complexity index is 1020. The van der Waals surface area contributed by atoms with Crippen LogP contribution in [-0.4, -0.2) is 61.9 Å². The predicted octanol–water partition coefficient (Wildman–Crippen LogP) is 3.78. The van der Waals surface area contributed by atoms with E-state index in [1.54, 1.807) is 28.6 Å². The van der Waals surface area contributed by atoms with E-state index in [4.69, 9.17) is 4.42 Å². The lowest BCUT2D eigenvalue weighted by Crippen LogP contribution is -2.39. The van der Waals surface area contributed by atoms with Crippen LogP contribution in [0.4, 0.5) is 5.88 Å². The third-order valence-corrected chi connectivity index (χ3v) is 7.80. The monoisotopic (exact) mass is 459 g/mol. The molecule has 2 heterocycles. The summed E-state index contributed by atoms with van der Waals surface area (Å²) in [7, 11) is -3.51. The van der Waals surface area contributed by atoms with Crippen LogP contribution in [0.2, 0.25) is 0 Å². The van der Waals surface area contributed by atoms with Crippen molar-refractivity contribution in [3.8, 4) is 17.5 Å². The van der Waals surface area contributed by atoms with Crippen molar-refractivity contribution >= 4 is 15.9 Å². The zero-order chi connectivity index (χ0) is 23.1. The maximum Gasteiger partial charge on any atom is 0.243 e. The van der Waals surface area contributed by atoms with Crippen molar-refractivity contribution < 1.29 is 12.8 Å². The Balaban J connectivity index is 1.69. The second-order valence-corrected chi connectivity index (χ2v) is 10.2. The number of rotatable bonds is 10. The molecule has 32 heavy (non-hydrogen) atoms. The van der Waals surface area contributed by atoms with Crippen LogP contribution < -0.4 is 5.32 Å². The molecule has 0 aliphatic carbocycles. The first kappa shape index (κ1) is 24.2. The van der Waals surface area contributed by atoms with Gasteiger partial charge in [0.05, 0.1) is 4.90 Å². The Morgan fingerprint density at radius 1 is 1.28 bits per heavy atom. The zero-order valence-electron chi connectivity index (χ0n) is 19.2. The molecule has 9 heteroatoms. The second kappa shape index (κ2) is 10.9. The van der Waals surface area contributed by atoms with E-state index < -0.39 is 10.0 Å². The highest BCUT2D eigenvalue weighted by Crippen LogP contribution is 2.28. The van der Waals surface area contributed by atoms with Crippen LogP contribution in [0.15, 0.2) is 33.6 Å². The predicted molar refractivity (Wildman–Crippen MR) is 125 cm³/mol. The van der Waals surface area contributed by atoms with Gasteiger partial charge in [0, 0.05) is 25.2 Å². The fourth-order valence-corrected chi connectivity index (χ4v) is 5.57. The number of nitrogens with zero attached hydrogens (tertiary/aromatic N) is 4. The highest BCUT2D eigenvalue weighted by molar-refractivity contribution is 7.89. The summed E-state index contributed by atoms with van der Waals surface area (Å²) in [6, 6.07) is 8.58. The largest absolute Gasteiger partial charge is 0.419 e. The van der Waals surface area contributed by atoms with Crippen molar-refractivity contribution in [1.82, 2.24) is 14.2 Å². The lowest BCUT2D eigenvalue weighted by atomic mass is 10.0. The van der Waals surface area contributed by atoms with Gasteiger partial charge in [0.25, 0.3) is 0 Å². The van der Waals surface area contributed by atoms with E-state index >= 15 is 0 Å². The van der Waals surface area contributed by atoms with Gasteiger partial charge in [-0.3, -0.25) is 0 Å². The summed E-state index contributed by atoms with van der Waals surface area (Å²) in [5.74, 6) is 1.01. The average molecular weight is 460 g/mol. The van der Waals surface area contributed by atoms with Gasteiger partial charge in [-0.1, -0.05) is 20.8 Å². The Labute approximate surface area is 191 Å². The van der Waals surface area contributed by atoms with Crippen LogP contribution in [0.1, 0.15) is 45.7 Å². The fourth-order valence-electron chi connectivity index (χ4n) is 3.97. The molecule has 1 fully saturated rings. The number of hydrogen-bond donors (Lipinski definition) is 1. The van der Waals surface area contributed by atoms with E-state index in [9.17, 15) is 13.7 Å². The molecule has 0 spiro atoms. The minimum absolute atomic E-state index is 0.196. The SMILES string of the molecule is CCN(CC)CCCNc1oc(-c2ccc(S(=O)(=O)N3CCC[C@@H](C)C3)cc2)nc1C#N. The number of benzene rings is 1. The van der Waals surface area contributed by atoms with Crippen LogP contribution >= 0.6 is 0 Å². The van der Waals surface area contributed by atoms with Crippen LogP contribution in [0.5, 0.6) is 0 Å². The number of nitrogens with one attached hydrogen (secondary N) is 1. The molecule has 1 atom stereocenters. The summed E-state index contributed by atoms with van der Waals surface area (Å²) < 4.78 is 33.3. The number of aromatic nitrogens is 1. The van der Waals surface area contributed by atoms with E-state index in [1.165, 1.54) is 0 Å². The third-order valence-electron chi connectivity index (χ3n) is 5.92. The van der Waals surface area contributed by atoms with E-state index in [0.717, 1.165) is 38.9 Å². The number of oxazole rings is 1. The van der Waals surface area contributed by atoms with Gasteiger partial charge in [-0.05, 0) is 69.1 Å². The molecule has 1 N–H and O–H groups in total. The molecule has 0 bridgehead atoms. The van der Waals surface area contributed by atoms with E-state index in [0.29, 0.717) is 42.9 Å². The van der Waals surface area contributed by atoms with Crippen molar-refractivity contribution in [2.45, 2.75) is 44.9 Å². The van der Waals surface area contributed by atoms with Crippen molar-refractivity contribution in [3.05, 3.63) is 30.0 Å². The van der Waals surface area contributed by atoms with Crippen LogP contribution in [0.25, 0.3) is 11.5 Å². The molecule has 3 rings (SSSR count). The molecule has 0 unspecified atom stereocenters. The van der Waals surface area contributed by atoms with Gasteiger partial charge in [-0.25, -0.2) is 8.42 Å². The van der Waals surface area contributed by atoms with Crippen molar-refractivity contribution in [2.75, 3.05) is 44.6 Å². The maximum atomic E-state index is 13.0. The summed E-state index contributed by atoms with van der Waals surface area (Å²) in [5, 5.41) is 12.6. The standard InChI is InChI=1S/C23H33N5O3S/c1-4-27(5-2)14-7-13-25-23-21(16-24)26-22(31-23)19-9-11-20(12-10-19)32(29,30)28-15-6-8-18(3)17-28/h9-12,18,25H,4-8,13-15,17H2,1-3H3/t18-/m1/s1. The maximum absolute atomic E-state index is 13.0. The molecule has 174 valence electrons. The highest BCUT2D eigenvalue weighted by atomic mass is 32.2. The van der Waals surface area contributed by atoms with Crippen LogP contribution in [-0.2, 0) is 10.0 Å². The number of piperidine rings is 1.